The number of nitrogens with two attached hydrogens (primary N) is 1. The van der Waals surface area contributed by atoms with E-state index in [0.717, 1.165) is 5.56 Å². The fourth-order valence-corrected chi connectivity index (χ4v) is 1.97. The van der Waals surface area contributed by atoms with Crippen LogP contribution in [-0.4, -0.2) is 14.3 Å². The van der Waals surface area contributed by atoms with Crippen molar-refractivity contribution in [2.75, 3.05) is 0 Å². The van der Waals surface area contributed by atoms with Crippen molar-refractivity contribution in [3.8, 4) is 0 Å². The maximum atomic E-state index is 11.8. The molecule has 1 amide bonds. The zero-order chi connectivity index (χ0) is 14.6. The van der Waals surface area contributed by atoms with Crippen molar-refractivity contribution < 1.29 is 13.2 Å². The van der Waals surface area contributed by atoms with Gasteiger partial charge in [0.2, 0.25) is 15.9 Å². The quantitative estimate of drug-likeness (QED) is 0.852. The van der Waals surface area contributed by atoms with Crippen molar-refractivity contribution in [2.24, 2.45) is 17.0 Å². The molecule has 1 aromatic carbocycles. The minimum atomic E-state index is -3.66. The summed E-state index contributed by atoms with van der Waals surface area (Å²) in [6.45, 7) is 6.24. The number of rotatable bonds is 5. The summed E-state index contributed by atoms with van der Waals surface area (Å²) in [5.41, 5.74) is 0.830. The van der Waals surface area contributed by atoms with Crippen molar-refractivity contribution in [1.29, 1.82) is 0 Å². The summed E-state index contributed by atoms with van der Waals surface area (Å²) in [6.07, 6.45) is 0. The summed E-state index contributed by atoms with van der Waals surface area (Å²) < 4.78 is 22.2. The van der Waals surface area contributed by atoms with Crippen LogP contribution in [0.4, 0.5) is 0 Å². The molecular formula is C13H20N2O3S. The SMILES string of the molecule is CC(C)C(C)C(=O)NCc1ccc(S(N)(=O)=O)cc1. The molecule has 1 aromatic rings. The van der Waals surface area contributed by atoms with Crippen molar-refractivity contribution in [1.82, 2.24) is 5.32 Å². The molecule has 0 aliphatic carbocycles. The van der Waals surface area contributed by atoms with Gasteiger partial charge in [-0.2, -0.15) is 0 Å². The first-order valence-electron chi connectivity index (χ1n) is 6.11. The molecule has 0 fully saturated rings. The number of hydrogen-bond donors (Lipinski definition) is 2. The molecule has 6 heteroatoms. The molecule has 3 N–H and O–H groups in total. The Morgan fingerprint density at radius 2 is 1.74 bits per heavy atom. The molecule has 5 nitrogen and oxygen atoms in total. The summed E-state index contributed by atoms with van der Waals surface area (Å²) in [7, 11) is -3.66. The summed E-state index contributed by atoms with van der Waals surface area (Å²) in [5.74, 6) is 0.221. The van der Waals surface area contributed by atoms with Gasteiger partial charge in [-0.05, 0) is 23.6 Å². The number of benzene rings is 1. The second-order valence-corrected chi connectivity index (χ2v) is 6.50. The number of primary sulfonamides is 1. The first-order valence-corrected chi connectivity index (χ1v) is 7.66. The van der Waals surface area contributed by atoms with Gasteiger partial charge >= 0.3 is 0 Å². The largest absolute Gasteiger partial charge is 0.352 e. The van der Waals surface area contributed by atoms with Crippen LogP contribution in [0.25, 0.3) is 0 Å². The number of amides is 1. The van der Waals surface area contributed by atoms with E-state index in [4.69, 9.17) is 5.14 Å². The van der Waals surface area contributed by atoms with Gasteiger partial charge in [0.1, 0.15) is 0 Å². The Labute approximate surface area is 114 Å². The number of nitrogens with one attached hydrogen (secondary N) is 1. The van der Waals surface area contributed by atoms with Crippen molar-refractivity contribution in [3.05, 3.63) is 29.8 Å². The monoisotopic (exact) mass is 284 g/mol. The number of hydrogen-bond acceptors (Lipinski definition) is 3. The molecular weight excluding hydrogens is 264 g/mol. The molecule has 0 heterocycles. The van der Waals surface area contributed by atoms with Gasteiger partial charge in [-0.3, -0.25) is 4.79 Å². The zero-order valence-electron chi connectivity index (χ0n) is 11.4. The Balaban J connectivity index is 2.63. The molecule has 106 valence electrons. The number of carbonyl (C=O) groups excluding carboxylic acids is 1. The Bertz CT molecular complexity index is 536. The van der Waals surface area contributed by atoms with Crippen molar-refractivity contribution in [3.63, 3.8) is 0 Å². The third-order valence-electron chi connectivity index (χ3n) is 3.13. The number of sulfonamides is 1. The molecule has 1 rings (SSSR count). The van der Waals surface area contributed by atoms with Crippen LogP contribution >= 0.6 is 0 Å². The first-order chi connectivity index (χ1) is 8.71. The summed E-state index contributed by atoms with van der Waals surface area (Å²) in [5, 5.41) is 7.82. The van der Waals surface area contributed by atoms with E-state index >= 15 is 0 Å². The van der Waals surface area contributed by atoms with Crippen molar-refractivity contribution in [2.45, 2.75) is 32.2 Å². The molecule has 1 unspecified atom stereocenters. The first kappa shape index (κ1) is 15.7. The number of carbonyl (C=O) groups is 1. The fraction of sp³-hybridized carbons (Fsp3) is 0.462. The highest BCUT2D eigenvalue weighted by Crippen LogP contribution is 2.11. The minimum Gasteiger partial charge on any atom is -0.352 e. The van der Waals surface area contributed by atoms with Crippen LogP contribution in [0.5, 0.6) is 0 Å². The van der Waals surface area contributed by atoms with E-state index in [1.165, 1.54) is 12.1 Å². The summed E-state index contributed by atoms with van der Waals surface area (Å²) in [6, 6.07) is 6.14. The maximum absolute atomic E-state index is 11.8. The maximum Gasteiger partial charge on any atom is 0.238 e. The van der Waals surface area contributed by atoms with Gasteiger partial charge in [-0.15, -0.1) is 0 Å². The van der Waals surface area contributed by atoms with Crippen LogP contribution in [0.1, 0.15) is 26.3 Å². The molecule has 0 spiro atoms. The van der Waals surface area contributed by atoms with E-state index in [1.807, 2.05) is 20.8 Å². The van der Waals surface area contributed by atoms with E-state index in [9.17, 15) is 13.2 Å². The normalized spacial score (nSPS) is 13.3. The van der Waals surface area contributed by atoms with Crippen LogP contribution in [0.2, 0.25) is 0 Å². The van der Waals surface area contributed by atoms with Crippen LogP contribution < -0.4 is 10.5 Å². The lowest BCUT2D eigenvalue weighted by Crippen LogP contribution is -2.31. The Morgan fingerprint density at radius 3 is 2.16 bits per heavy atom. The Hall–Kier alpha value is -1.40. The van der Waals surface area contributed by atoms with Crippen LogP contribution in [0, 0.1) is 11.8 Å². The van der Waals surface area contributed by atoms with Crippen molar-refractivity contribution >= 4 is 15.9 Å². The summed E-state index contributed by atoms with van der Waals surface area (Å²) >= 11 is 0. The van der Waals surface area contributed by atoms with Gasteiger partial charge in [0.05, 0.1) is 4.90 Å². The highest BCUT2D eigenvalue weighted by molar-refractivity contribution is 7.89. The highest BCUT2D eigenvalue weighted by Gasteiger charge is 2.16. The standard InChI is InChI=1S/C13H20N2O3S/c1-9(2)10(3)13(16)15-8-11-4-6-12(7-5-11)19(14,17)18/h4-7,9-10H,8H2,1-3H3,(H,15,16)(H2,14,17,18). The lowest BCUT2D eigenvalue weighted by Gasteiger charge is -2.15. The van der Waals surface area contributed by atoms with E-state index in [-0.39, 0.29) is 22.6 Å². The highest BCUT2D eigenvalue weighted by atomic mass is 32.2. The van der Waals surface area contributed by atoms with E-state index in [1.54, 1.807) is 12.1 Å². The average molecular weight is 284 g/mol. The van der Waals surface area contributed by atoms with Gasteiger partial charge in [0.25, 0.3) is 0 Å². The molecule has 0 bridgehead atoms. The lowest BCUT2D eigenvalue weighted by molar-refractivity contribution is -0.125. The minimum absolute atomic E-state index is 0.00878. The Morgan fingerprint density at radius 1 is 1.21 bits per heavy atom. The molecule has 19 heavy (non-hydrogen) atoms. The molecule has 0 radical (unpaired) electrons. The molecule has 0 aromatic heterocycles. The van der Waals surface area contributed by atoms with Gasteiger partial charge in [0, 0.05) is 12.5 Å². The van der Waals surface area contributed by atoms with Gasteiger partial charge in [0.15, 0.2) is 0 Å². The zero-order valence-corrected chi connectivity index (χ0v) is 12.2. The molecule has 0 aliphatic heterocycles. The van der Waals surface area contributed by atoms with E-state index in [2.05, 4.69) is 5.32 Å². The summed E-state index contributed by atoms with van der Waals surface area (Å²) in [4.78, 5) is 11.8. The molecule has 0 saturated heterocycles. The second kappa shape index (κ2) is 6.16. The van der Waals surface area contributed by atoms with Gasteiger partial charge < -0.3 is 5.32 Å². The third kappa shape index (κ3) is 4.65. The second-order valence-electron chi connectivity index (χ2n) is 4.94. The predicted octanol–water partition coefficient (Wildman–Crippen LogP) is 1.24. The average Bonchev–Trinajstić information content (AvgIpc) is 2.34. The van der Waals surface area contributed by atoms with Crippen LogP contribution in [0.3, 0.4) is 0 Å². The van der Waals surface area contributed by atoms with Gasteiger partial charge in [-0.25, -0.2) is 13.6 Å². The van der Waals surface area contributed by atoms with Crippen LogP contribution in [0.15, 0.2) is 29.2 Å². The fourth-order valence-electron chi connectivity index (χ4n) is 1.45. The molecule has 0 saturated carbocycles. The topological polar surface area (TPSA) is 89.3 Å². The van der Waals surface area contributed by atoms with Gasteiger partial charge in [-0.1, -0.05) is 32.9 Å². The van der Waals surface area contributed by atoms with E-state index in [0.29, 0.717) is 6.54 Å². The smallest absolute Gasteiger partial charge is 0.238 e. The lowest BCUT2D eigenvalue weighted by atomic mass is 9.97. The Kier molecular flexibility index (Phi) is 5.08. The third-order valence-corrected chi connectivity index (χ3v) is 4.06. The van der Waals surface area contributed by atoms with Crippen LogP contribution in [-0.2, 0) is 21.4 Å². The molecule has 1 atom stereocenters. The predicted molar refractivity (Wildman–Crippen MR) is 73.7 cm³/mol. The molecule has 0 aliphatic rings. The van der Waals surface area contributed by atoms with E-state index < -0.39 is 10.0 Å².